The van der Waals surface area contributed by atoms with Crippen molar-refractivity contribution in [2.45, 2.75) is 20.3 Å². The lowest BCUT2D eigenvalue weighted by atomic mass is 10.2. The summed E-state index contributed by atoms with van der Waals surface area (Å²) in [7, 11) is 1.63. The quantitative estimate of drug-likeness (QED) is 0.793. The number of amides is 1. The highest BCUT2D eigenvalue weighted by atomic mass is 16.5. The normalized spacial score (nSPS) is 9.82. The van der Waals surface area contributed by atoms with Crippen molar-refractivity contribution in [1.29, 1.82) is 0 Å². The van der Waals surface area contributed by atoms with Gasteiger partial charge < -0.3 is 15.4 Å². The third-order valence-electron chi connectivity index (χ3n) is 2.46. The molecule has 1 rings (SSSR count). The van der Waals surface area contributed by atoms with Gasteiger partial charge in [0.05, 0.1) is 13.7 Å². The Labute approximate surface area is 102 Å². The number of methoxy groups -OCH3 is 1. The van der Waals surface area contributed by atoms with Crippen molar-refractivity contribution in [1.82, 2.24) is 5.32 Å². The highest BCUT2D eigenvalue weighted by Gasteiger charge is 2.03. The van der Waals surface area contributed by atoms with E-state index in [-0.39, 0.29) is 12.5 Å². The summed E-state index contributed by atoms with van der Waals surface area (Å²) < 4.78 is 5.14. The van der Waals surface area contributed by atoms with Crippen molar-refractivity contribution in [3.63, 3.8) is 0 Å². The molecule has 0 spiro atoms. The van der Waals surface area contributed by atoms with Crippen LogP contribution in [0.15, 0.2) is 18.2 Å². The van der Waals surface area contributed by atoms with E-state index in [1.54, 1.807) is 7.11 Å². The number of benzene rings is 1. The summed E-state index contributed by atoms with van der Waals surface area (Å²) in [6.45, 7) is 5.03. The fraction of sp³-hybridized carbons (Fsp3) is 0.462. The van der Waals surface area contributed by atoms with Crippen LogP contribution in [0.2, 0.25) is 0 Å². The standard InChI is InChI=1S/C13H20N2O2/c1-4-7-14-13(16)9-15-12-8-11(17-3)6-5-10(12)2/h5-6,8,15H,4,7,9H2,1-3H3,(H,14,16). The largest absolute Gasteiger partial charge is 0.497 e. The molecule has 4 heteroatoms. The monoisotopic (exact) mass is 236 g/mol. The minimum absolute atomic E-state index is 0.00840. The molecule has 0 saturated heterocycles. The molecule has 1 aromatic carbocycles. The first kappa shape index (κ1) is 13.4. The van der Waals surface area contributed by atoms with Crippen LogP contribution >= 0.6 is 0 Å². The van der Waals surface area contributed by atoms with Gasteiger partial charge in [0.1, 0.15) is 5.75 Å². The maximum absolute atomic E-state index is 11.4. The lowest BCUT2D eigenvalue weighted by Crippen LogP contribution is -2.30. The number of nitrogens with one attached hydrogen (secondary N) is 2. The summed E-state index contributed by atoms with van der Waals surface area (Å²) in [4.78, 5) is 11.4. The minimum Gasteiger partial charge on any atom is -0.497 e. The first-order valence-electron chi connectivity index (χ1n) is 5.82. The van der Waals surface area contributed by atoms with Crippen LogP contribution in [0.5, 0.6) is 5.75 Å². The van der Waals surface area contributed by atoms with Crippen LogP contribution in [0.1, 0.15) is 18.9 Å². The van der Waals surface area contributed by atoms with Crippen molar-refractivity contribution in [2.75, 3.05) is 25.5 Å². The highest BCUT2D eigenvalue weighted by molar-refractivity contribution is 5.81. The number of anilines is 1. The van der Waals surface area contributed by atoms with E-state index in [1.165, 1.54) is 0 Å². The predicted molar refractivity (Wildman–Crippen MR) is 69.5 cm³/mol. The SMILES string of the molecule is CCCNC(=O)CNc1cc(OC)ccc1C. The van der Waals surface area contributed by atoms with E-state index < -0.39 is 0 Å². The van der Waals surface area contributed by atoms with Crippen LogP contribution in [0, 0.1) is 6.92 Å². The maximum atomic E-state index is 11.4. The second-order valence-corrected chi connectivity index (χ2v) is 3.88. The lowest BCUT2D eigenvalue weighted by molar-refractivity contribution is -0.119. The third kappa shape index (κ3) is 4.34. The van der Waals surface area contributed by atoms with Gasteiger partial charge in [0.15, 0.2) is 0 Å². The van der Waals surface area contributed by atoms with Gasteiger partial charge in [0.25, 0.3) is 0 Å². The molecule has 0 atom stereocenters. The molecule has 0 saturated carbocycles. The molecule has 0 aromatic heterocycles. The number of carbonyl (C=O) groups excluding carboxylic acids is 1. The molecule has 0 unspecified atom stereocenters. The van der Waals surface area contributed by atoms with E-state index in [2.05, 4.69) is 10.6 Å². The number of ether oxygens (including phenoxy) is 1. The number of hydrogen-bond donors (Lipinski definition) is 2. The van der Waals surface area contributed by atoms with Gasteiger partial charge in [0.2, 0.25) is 5.91 Å². The van der Waals surface area contributed by atoms with Crippen LogP contribution in [-0.4, -0.2) is 26.1 Å². The Morgan fingerprint density at radius 2 is 2.18 bits per heavy atom. The van der Waals surface area contributed by atoms with E-state index in [0.29, 0.717) is 0 Å². The van der Waals surface area contributed by atoms with Crippen molar-refractivity contribution in [3.8, 4) is 5.75 Å². The molecule has 0 aliphatic heterocycles. The molecule has 0 radical (unpaired) electrons. The lowest BCUT2D eigenvalue weighted by Gasteiger charge is -2.11. The topological polar surface area (TPSA) is 50.4 Å². The van der Waals surface area contributed by atoms with Gasteiger partial charge in [0, 0.05) is 18.3 Å². The zero-order chi connectivity index (χ0) is 12.7. The molecular formula is C13H20N2O2. The summed E-state index contributed by atoms with van der Waals surface area (Å²) >= 11 is 0. The van der Waals surface area contributed by atoms with Gasteiger partial charge in [-0.1, -0.05) is 13.0 Å². The van der Waals surface area contributed by atoms with Gasteiger partial charge in [-0.3, -0.25) is 4.79 Å². The van der Waals surface area contributed by atoms with Crippen molar-refractivity contribution in [3.05, 3.63) is 23.8 Å². The fourth-order valence-corrected chi connectivity index (χ4v) is 1.42. The van der Waals surface area contributed by atoms with Crippen molar-refractivity contribution in [2.24, 2.45) is 0 Å². The maximum Gasteiger partial charge on any atom is 0.239 e. The third-order valence-corrected chi connectivity index (χ3v) is 2.46. The minimum atomic E-state index is 0.00840. The molecular weight excluding hydrogens is 216 g/mol. The molecule has 4 nitrogen and oxygen atoms in total. The molecule has 0 bridgehead atoms. The summed E-state index contributed by atoms with van der Waals surface area (Å²) in [5.41, 5.74) is 2.02. The molecule has 94 valence electrons. The van der Waals surface area contributed by atoms with Gasteiger partial charge in [-0.05, 0) is 25.0 Å². The molecule has 2 N–H and O–H groups in total. The number of hydrogen-bond acceptors (Lipinski definition) is 3. The molecule has 0 heterocycles. The first-order chi connectivity index (χ1) is 8.17. The number of carbonyl (C=O) groups is 1. The Morgan fingerprint density at radius 3 is 2.82 bits per heavy atom. The van der Waals surface area contributed by atoms with Crippen LogP contribution in [0.25, 0.3) is 0 Å². The van der Waals surface area contributed by atoms with E-state index in [0.717, 1.165) is 30.0 Å². The molecule has 0 aliphatic rings. The second kappa shape index (κ2) is 6.78. The summed E-state index contributed by atoms with van der Waals surface area (Å²) in [6.07, 6.45) is 0.948. The van der Waals surface area contributed by atoms with E-state index in [4.69, 9.17) is 4.74 Å². The predicted octanol–water partition coefficient (Wildman–Crippen LogP) is 1.94. The van der Waals surface area contributed by atoms with Gasteiger partial charge in [-0.25, -0.2) is 0 Å². The molecule has 0 fully saturated rings. The summed E-state index contributed by atoms with van der Waals surface area (Å²) in [5, 5.41) is 5.92. The summed E-state index contributed by atoms with van der Waals surface area (Å²) in [5.74, 6) is 0.793. The molecule has 1 aromatic rings. The number of aryl methyl sites for hydroxylation is 1. The van der Waals surface area contributed by atoms with Gasteiger partial charge >= 0.3 is 0 Å². The van der Waals surface area contributed by atoms with Crippen LogP contribution in [0.4, 0.5) is 5.69 Å². The smallest absolute Gasteiger partial charge is 0.239 e. The fourth-order valence-electron chi connectivity index (χ4n) is 1.42. The van der Waals surface area contributed by atoms with E-state index >= 15 is 0 Å². The van der Waals surface area contributed by atoms with Crippen molar-refractivity contribution < 1.29 is 9.53 Å². The Kier molecular flexibility index (Phi) is 5.33. The van der Waals surface area contributed by atoms with Gasteiger partial charge in [-0.2, -0.15) is 0 Å². The molecule has 1 amide bonds. The zero-order valence-corrected chi connectivity index (χ0v) is 10.7. The van der Waals surface area contributed by atoms with Crippen LogP contribution in [0.3, 0.4) is 0 Å². The van der Waals surface area contributed by atoms with Crippen LogP contribution < -0.4 is 15.4 Å². The van der Waals surface area contributed by atoms with Crippen molar-refractivity contribution >= 4 is 11.6 Å². The zero-order valence-electron chi connectivity index (χ0n) is 10.7. The highest BCUT2D eigenvalue weighted by Crippen LogP contribution is 2.21. The average molecular weight is 236 g/mol. The molecule has 17 heavy (non-hydrogen) atoms. The number of rotatable bonds is 6. The first-order valence-corrected chi connectivity index (χ1v) is 5.82. The van der Waals surface area contributed by atoms with Gasteiger partial charge in [-0.15, -0.1) is 0 Å². The Hall–Kier alpha value is -1.71. The Bertz CT molecular complexity index is 378. The van der Waals surface area contributed by atoms with Crippen LogP contribution in [-0.2, 0) is 4.79 Å². The van der Waals surface area contributed by atoms with E-state index in [9.17, 15) is 4.79 Å². The van der Waals surface area contributed by atoms with E-state index in [1.807, 2.05) is 32.0 Å². The Morgan fingerprint density at radius 1 is 1.41 bits per heavy atom. The molecule has 0 aliphatic carbocycles. The Balaban J connectivity index is 2.53. The average Bonchev–Trinajstić information content (AvgIpc) is 2.35. The second-order valence-electron chi connectivity index (χ2n) is 3.88. The summed E-state index contributed by atoms with van der Waals surface area (Å²) in [6, 6.07) is 5.76.